The van der Waals surface area contributed by atoms with Crippen molar-refractivity contribution in [2.45, 2.75) is 6.54 Å². The average molecular weight is 324 g/mol. The van der Waals surface area contributed by atoms with Gasteiger partial charge in [0.2, 0.25) is 0 Å². The van der Waals surface area contributed by atoms with Crippen LogP contribution in [0.4, 0.5) is 15.8 Å². The number of nitrogen functional groups attached to an aromatic ring is 1. The first kappa shape index (κ1) is 15.7. The molecule has 0 aliphatic rings. The number of nitro benzene ring substituents is 1. The van der Waals surface area contributed by atoms with Crippen LogP contribution in [0.3, 0.4) is 0 Å². The van der Waals surface area contributed by atoms with Crippen molar-refractivity contribution in [1.82, 2.24) is 5.32 Å². The molecular formula is C14H11ClFN3O3. The zero-order valence-electron chi connectivity index (χ0n) is 11.2. The van der Waals surface area contributed by atoms with Gasteiger partial charge in [0.1, 0.15) is 11.5 Å². The fourth-order valence-corrected chi connectivity index (χ4v) is 1.98. The first-order valence-corrected chi connectivity index (χ1v) is 6.52. The Morgan fingerprint density at radius 2 is 2.05 bits per heavy atom. The summed E-state index contributed by atoms with van der Waals surface area (Å²) >= 11 is 5.64. The molecule has 0 aromatic heterocycles. The number of halogens is 2. The monoisotopic (exact) mass is 323 g/mol. The lowest BCUT2D eigenvalue weighted by atomic mass is 10.1. The van der Waals surface area contributed by atoms with Crippen LogP contribution in [0, 0.1) is 15.9 Å². The molecule has 0 radical (unpaired) electrons. The predicted octanol–water partition coefficient (Wildman–Crippen LogP) is 2.90. The minimum Gasteiger partial charge on any atom is -0.393 e. The number of nitro groups is 1. The Morgan fingerprint density at radius 1 is 1.32 bits per heavy atom. The van der Waals surface area contributed by atoms with Gasteiger partial charge in [-0.2, -0.15) is 0 Å². The Labute approximate surface area is 129 Å². The topological polar surface area (TPSA) is 98.3 Å². The van der Waals surface area contributed by atoms with Crippen LogP contribution < -0.4 is 11.1 Å². The third-order valence-electron chi connectivity index (χ3n) is 2.93. The summed E-state index contributed by atoms with van der Waals surface area (Å²) in [5.74, 6) is -1.06. The fraction of sp³-hybridized carbons (Fsp3) is 0.0714. The first-order chi connectivity index (χ1) is 10.4. The quantitative estimate of drug-likeness (QED) is 0.513. The lowest BCUT2D eigenvalue weighted by Crippen LogP contribution is -2.23. The minimum absolute atomic E-state index is 0.0214. The van der Waals surface area contributed by atoms with E-state index in [2.05, 4.69) is 5.32 Å². The maximum absolute atomic E-state index is 13.0. The molecule has 0 heterocycles. The number of nitrogens with zero attached hydrogens (tertiary/aromatic N) is 1. The van der Waals surface area contributed by atoms with Crippen LogP contribution in [0.1, 0.15) is 15.9 Å². The van der Waals surface area contributed by atoms with Gasteiger partial charge in [0.05, 0.1) is 9.95 Å². The molecule has 6 nitrogen and oxygen atoms in total. The molecule has 0 spiro atoms. The van der Waals surface area contributed by atoms with Crippen LogP contribution >= 0.6 is 11.6 Å². The summed E-state index contributed by atoms with van der Waals surface area (Å²) in [6, 6.07) is 7.84. The van der Waals surface area contributed by atoms with E-state index in [0.29, 0.717) is 5.56 Å². The van der Waals surface area contributed by atoms with Crippen molar-refractivity contribution >= 4 is 28.9 Å². The Hall–Kier alpha value is -2.67. The third-order valence-corrected chi connectivity index (χ3v) is 3.22. The van der Waals surface area contributed by atoms with Crippen molar-refractivity contribution in [3.8, 4) is 0 Å². The van der Waals surface area contributed by atoms with Crippen LogP contribution in [-0.4, -0.2) is 10.8 Å². The minimum atomic E-state index is -0.661. The zero-order chi connectivity index (χ0) is 16.3. The van der Waals surface area contributed by atoms with Gasteiger partial charge in [-0.3, -0.25) is 14.9 Å². The smallest absolute Gasteiger partial charge is 0.292 e. The van der Waals surface area contributed by atoms with Gasteiger partial charge in [0.15, 0.2) is 0 Å². The molecule has 22 heavy (non-hydrogen) atoms. The Bertz CT molecular complexity index is 752. The van der Waals surface area contributed by atoms with E-state index in [9.17, 15) is 19.3 Å². The zero-order valence-corrected chi connectivity index (χ0v) is 11.9. The van der Waals surface area contributed by atoms with Crippen LogP contribution in [-0.2, 0) is 6.54 Å². The lowest BCUT2D eigenvalue weighted by molar-refractivity contribution is -0.383. The highest BCUT2D eigenvalue weighted by Crippen LogP contribution is 2.22. The number of hydrogen-bond donors (Lipinski definition) is 2. The molecule has 1 amide bonds. The molecular weight excluding hydrogens is 313 g/mol. The SMILES string of the molecule is Nc1ccc(C(=O)NCc2ccc(F)c(Cl)c2)cc1[N+](=O)[O-]. The van der Waals surface area contributed by atoms with E-state index >= 15 is 0 Å². The Morgan fingerprint density at radius 3 is 2.68 bits per heavy atom. The van der Waals surface area contributed by atoms with E-state index < -0.39 is 16.6 Å². The van der Waals surface area contributed by atoms with Crippen molar-refractivity contribution in [1.29, 1.82) is 0 Å². The highest BCUT2D eigenvalue weighted by molar-refractivity contribution is 6.30. The van der Waals surface area contributed by atoms with Crippen molar-refractivity contribution in [2.75, 3.05) is 5.73 Å². The van der Waals surface area contributed by atoms with E-state index in [1.807, 2.05) is 0 Å². The molecule has 0 unspecified atom stereocenters. The van der Waals surface area contributed by atoms with E-state index in [1.165, 1.54) is 30.3 Å². The molecule has 0 aliphatic carbocycles. The van der Waals surface area contributed by atoms with Crippen molar-refractivity contribution in [3.63, 3.8) is 0 Å². The summed E-state index contributed by atoms with van der Waals surface area (Å²) in [6.07, 6.45) is 0. The second kappa shape index (κ2) is 6.40. The molecule has 114 valence electrons. The van der Waals surface area contributed by atoms with Crippen molar-refractivity contribution < 1.29 is 14.1 Å². The second-order valence-electron chi connectivity index (χ2n) is 4.46. The van der Waals surface area contributed by atoms with Crippen LogP contribution in [0.2, 0.25) is 5.02 Å². The molecule has 0 saturated heterocycles. The number of carbonyl (C=O) groups excluding carboxylic acids is 1. The first-order valence-electron chi connectivity index (χ1n) is 6.14. The molecule has 0 fully saturated rings. The summed E-state index contributed by atoms with van der Waals surface area (Å²) in [5, 5.41) is 13.3. The van der Waals surface area contributed by atoms with E-state index in [1.54, 1.807) is 0 Å². The number of amides is 1. The van der Waals surface area contributed by atoms with Crippen LogP contribution in [0.15, 0.2) is 36.4 Å². The van der Waals surface area contributed by atoms with E-state index in [-0.39, 0.29) is 28.5 Å². The molecule has 8 heteroatoms. The van der Waals surface area contributed by atoms with Gasteiger partial charge in [-0.25, -0.2) is 4.39 Å². The number of benzene rings is 2. The highest BCUT2D eigenvalue weighted by atomic mass is 35.5. The van der Waals surface area contributed by atoms with Gasteiger partial charge in [-0.15, -0.1) is 0 Å². The van der Waals surface area contributed by atoms with Gasteiger partial charge >= 0.3 is 0 Å². The second-order valence-corrected chi connectivity index (χ2v) is 4.87. The summed E-state index contributed by atoms with van der Waals surface area (Å²) < 4.78 is 13.0. The largest absolute Gasteiger partial charge is 0.393 e. The Balaban J connectivity index is 2.10. The summed E-state index contributed by atoms with van der Waals surface area (Å²) in [5.41, 5.74) is 5.81. The molecule has 0 atom stereocenters. The van der Waals surface area contributed by atoms with Gasteiger partial charge in [-0.05, 0) is 29.8 Å². The molecule has 3 N–H and O–H groups in total. The molecule has 0 bridgehead atoms. The normalized spacial score (nSPS) is 10.3. The summed E-state index contributed by atoms with van der Waals surface area (Å²) in [6.45, 7) is 0.108. The third kappa shape index (κ3) is 3.50. The van der Waals surface area contributed by atoms with Crippen LogP contribution in [0.25, 0.3) is 0 Å². The fourth-order valence-electron chi connectivity index (χ4n) is 1.78. The van der Waals surface area contributed by atoms with Crippen molar-refractivity contribution in [2.24, 2.45) is 0 Å². The van der Waals surface area contributed by atoms with Gasteiger partial charge in [0.25, 0.3) is 11.6 Å². The number of hydrogen-bond acceptors (Lipinski definition) is 4. The maximum Gasteiger partial charge on any atom is 0.292 e. The number of anilines is 1. The summed E-state index contributed by atoms with van der Waals surface area (Å²) in [4.78, 5) is 22.1. The average Bonchev–Trinajstić information content (AvgIpc) is 2.48. The maximum atomic E-state index is 13.0. The number of nitrogens with one attached hydrogen (secondary N) is 1. The van der Waals surface area contributed by atoms with E-state index in [4.69, 9.17) is 17.3 Å². The number of rotatable bonds is 4. The Kier molecular flexibility index (Phi) is 4.57. The summed E-state index contributed by atoms with van der Waals surface area (Å²) in [7, 11) is 0. The van der Waals surface area contributed by atoms with E-state index in [0.717, 1.165) is 6.07 Å². The number of carbonyl (C=O) groups is 1. The van der Waals surface area contributed by atoms with Crippen molar-refractivity contribution in [3.05, 3.63) is 68.5 Å². The molecule has 0 saturated carbocycles. The van der Waals surface area contributed by atoms with Gasteiger partial charge in [-0.1, -0.05) is 17.7 Å². The van der Waals surface area contributed by atoms with Gasteiger partial charge < -0.3 is 11.1 Å². The standard InChI is InChI=1S/C14H11ClFN3O3/c15-10-5-8(1-3-11(10)16)7-18-14(20)9-2-4-12(17)13(6-9)19(21)22/h1-6H,7,17H2,(H,18,20). The molecule has 2 rings (SSSR count). The molecule has 2 aromatic rings. The number of nitrogens with two attached hydrogens (primary N) is 1. The molecule has 2 aromatic carbocycles. The van der Waals surface area contributed by atoms with Crippen LogP contribution in [0.5, 0.6) is 0 Å². The predicted molar refractivity (Wildman–Crippen MR) is 80.1 cm³/mol. The highest BCUT2D eigenvalue weighted by Gasteiger charge is 2.15. The molecule has 0 aliphatic heterocycles. The van der Waals surface area contributed by atoms with Gasteiger partial charge in [0, 0.05) is 18.2 Å². The lowest BCUT2D eigenvalue weighted by Gasteiger charge is -2.07.